The number of thiol groups is 1. The van der Waals surface area contributed by atoms with Gasteiger partial charge in [0.25, 0.3) is 0 Å². The van der Waals surface area contributed by atoms with Crippen molar-refractivity contribution < 1.29 is 13.2 Å². The number of nitrogens with one attached hydrogen (secondary N) is 2. The summed E-state index contributed by atoms with van der Waals surface area (Å²) in [6, 6.07) is 3.28. The lowest BCUT2D eigenvalue weighted by Gasteiger charge is -2.11. The van der Waals surface area contributed by atoms with Crippen molar-refractivity contribution in [2.45, 2.75) is 6.18 Å². The van der Waals surface area contributed by atoms with Gasteiger partial charge in [0.05, 0.1) is 10.6 Å². The summed E-state index contributed by atoms with van der Waals surface area (Å²) in [5.74, 6) is 0. The smallest absolute Gasteiger partial charge is 0.335 e. The predicted molar refractivity (Wildman–Crippen MR) is 72.2 cm³/mol. The molecule has 0 aliphatic carbocycles. The fraction of sp³-hybridized carbons (Fsp3) is 0.125. The van der Waals surface area contributed by atoms with Crippen LogP contribution in [0.5, 0.6) is 0 Å². The molecule has 0 saturated carbocycles. The number of amidine groups is 1. The first-order valence-corrected chi connectivity index (χ1v) is 4.54. The molecule has 2 N–H and O–H groups in total. The fourth-order valence-corrected chi connectivity index (χ4v) is 1.31. The molecule has 0 fully saturated rings. The van der Waals surface area contributed by atoms with E-state index in [-0.39, 0.29) is 39.9 Å². The fourth-order valence-electron chi connectivity index (χ4n) is 0.957. The van der Waals surface area contributed by atoms with E-state index in [0.29, 0.717) is 0 Å². The normalized spacial score (nSPS) is 10.6. The summed E-state index contributed by atoms with van der Waals surface area (Å²) < 4.78 is 37.1. The van der Waals surface area contributed by atoms with E-state index in [1.54, 1.807) is 0 Å². The van der Waals surface area contributed by atoms with Crippen molar-refractivity contribution in [1.82, 2.24) is 0 Å². The Kier molecular flexibility index (Phi) is 5.91. The molecular formula is C8H7ClF3IN2S. The molecule has 8 heteroatoms. The second kappa shape index (κ2) is 5.97. The van der Waals surface area contributed by atoms with Gasteiger partial charge in [-0.1, -0.05) is 11.6 Å². The lowest BCUT2D eigenvalue weighted by atomic mass is 10.2. The van der Waals surface area contributed by atoms with Crippen LogP contribution in [-0.4, -0.2) is 5.17 Å². The summed E-state index contributed by atoms with van der Waals surface area (Å²) in [5, 5.41) is 8.66. The van der Waals surface area contributed by atoms with Crippen LogP contribution in [0.2, 0.25) is 5.02 Å². The highest BCUT2D eigenvalue weighted by molar-refractivity contribution is 14.0. The highest BCUT2D eigenvalue weighted by atomic mass is 127. The van der Waals surface area contributed by atoms with Gasteiger partial charge in [-0.3, -0.25) is 5.41 Å². The first-order chi connectivity index (χ1) is 6.80. The molecule has 0 aromatic heterocycles. The number of rotatable bonds is 1. The van der Waals surface area contributed by atoms with Crippen LogP contribution in [0.1, 0.15) is 5.56 Å². The predicted octanol–water partition coefficient (Wildman–Crippen LogP) is 4.25. The highest BCUT2D eigenvalue weighted by Crippen LogP contribution is 2.36. The Balaban J connectivity index is 0.00000225. The van der Waals surface area contributed by atoms with Gasteiger partial charge in [-0.2, -0.15) is 13.2 Å². The van der Waals surface area contributed by atoms with Crippen LogP contribution >= 0.6 is 48.2 Å². The Morgan fingerprint density at radius 3 is 2.38 bits per heavy atom. The summed E-state index contributed by atoms with van der Waals surface area (Å²) in [4.78, 5) is 0. The molecule has 0 unspecified atom stereocenters. The van der Waals surface area contributed by atoms with Crippen molar-refractivity contribution >= 4 is 59.1 Å². The van der Waals surface area contributed by atoms with Gasteiger partial charge in [0, 0.05) is 5.69 Å². The summed E-state index contributed by atoms with van der Waals surface area (Å²) in [5.41, 5.74) is -0.824. The molecule has 0 saturated heterocycles. The topological polar surface area (TPSA) is 35.9 Å². The van der Waals surface area contributed by atoms with Gasteiger partial charge in [-0.05, 0) is 18.2 Å². The van der Waals surface area contributed by atoms with E-state index in [2.05, 4.69) is 17.9 Å². The molecule has 1 rings (SSSR count). The van der Waals surface area contributed by atoms with E-state index in [1.807, 2.05) is 0 Å². The highest BCUT2D eigenvalue weighted by Gasteiger charge is 2.33. The molecule has 1 aromatic carbocycles. The van der Waals surface area contributed by atoms with Crippen molar-refractivity contribution in [3.8, 4) is 0 Å². The van der Waals surface area contributed by atoms with Gasteiger partial charge in [-0.15, -0.1) is 36.6 Å². The molecular weight excluding hydrogens is 376 g/mol. The zero-order valence-corrected chi connectivity index (χ0v) is 11.6. The molecule has 0 bridgehead atoms. The van der Waals surface area contributed by atoms with Gasteiger partial charge in [0.15, 0.2) is 5.17 Å². The zero-order chi connectivity index (χ0) is 11.6. The Bertz CT molecular complexity index is 397. The molecule has 0 aliphatic heterocycles. The maximum atomic E-state index is 12.4. The van der Waals surface area contributed by atoms with Gasteiger partial charge in [0.2, 0.25) is 0 Å². The van der Waals surface area contributed by atoms with E-state index in [4.69, 9.17) is 17.0 Å². The lowest BCUT2D eigenvalue weighted by Crippen LogP contribution is -2.08. The minimum Gasteiger partial charge on any atom is -0.335 e. The van der Waals surface area contributed by atoms with Gasteiger partial charge in [0.1, 0.15) is 0 Å². The molecule has 0 aliphatic rings. The van der Waals surface area contributed by atoms with Crippen molar-refractivity contribution in [1.29, 1.82) is 5.41 Å². The Labute approximate surface area is 117 Å². The van der Waals surface area contributed by atoms with Crippen LogP contribution in [0.4, 0.5) is 18.9 Å². The maximum Gasteiger partial charge on any atom is 0.417 e. The Hall–Kier alpha value is -0.150. The molecule has 90 valence electrons. The van der Waals surface area contributed by atoms with Crippen LogP contribution in [-0.2, 0) is 6.18 Å². The number of anilines is 1. The monoisotopic (exact) mass is 382 g/mol. The minimum absolute atomic E-state index is 0. The van der Waals surface area contributed by atoms with Gasteiger partial charge < -0.3 is 5.32 Å². The molecule has 1 aromatic rings. The third-order valence-electron chi connectivity index (χ3n) is 1.53. The minimum atomic E-state index is -4.51. The zero-order valence-electron chi connectivity index (χ0n) is 7.60. The van der Waals surface area contributed by atoms with Crippen LogP contribution in [0.3, 0.4) is 0 Å². The second-order valence-electron chi connectivity index (χ2n) is 2.67. The number of benzene rings is 1. The molecule has 16 heavy (non-hydrogen) atoms. The number of hydrogen-bond donors (Lipinski definition) is 3. The van der Waals surface area contributed by atoms with E-state index in [1.165, 1.54) is 6.07 Å². The number of alkyl halides is 3. The van der Waals surface area contributed by atoms with Crippen molar-refractivity contribution in [3.63, 3.8) is 0 Å². The van der Waals surface area contributed by atoms with Gasteiger partial charge >= 0.3 is 6.18 Å². The first-order valence-electron chi connectivity index (χ1n) is 3.72. The summed E-state index contributed by atoms with van der Waals surface area (Å²) in [7, 11) is 0. The van der Waals surface area contributed by atoms with Crippen molar-refractivity contribution in [3.05, 3.63) is 28.8 Å². The average Bonchev–Trinajstić information content (AvgIpc) is 2.05. The van der Waals surface area contributed by atoms with E-state index < -0.39 is 11.7 Å². The van der Waals surface area contributed by atoms with Crippen LogP contribution in [0.25, 0.3) is 0 Å². The van der Waals surface area contributed by atoms with E-state index >= 15 is 0 Å². The molecule has 0 atom stereocenters. The third kappa shape index (κ3) is 4.38. The lowest BCUT2D eigenvalue weighted by molar-refractivity contribution is -0.137. The molecule has 0 heterocycles. The summed E-state index contributed by atoms with van der Waals surface area (Å²) in [6.45, 7) is 0. The van der Waals surface area contributed by atoms with Crippen LogP contribution < -0.4 is 5.32 Å². The van der Waals surface area contributed by atoms with Crippen LogP contribution in [0.15, 0.2) is 18.2 Å². The standard InChI is InChI=1S/C8H6ClF3N2S.HI/c9-6-2-1-4(14-7(13)15)3-5(6)8(10,11)12;/h1-3H,(H3,13,14,15);1H. The molecule has 0 spiro atoms. The molecule has 2 nitrogen and oxygen atoms in total. The Morgan fingerprint density at radius 1 is 1.38 bits per heavy atom. The average molecular weight is 383 g/mol. The summed E-state index contributed by atoms with van der Waals surface area (Å²) in [6.07, 6.45) is -4.51. The number of hydrogen-bond acceptors (Lipinski definition) is 1. The molecule has 0 amide bonds. The first kappa shape index (κ1) is 15.9. The largest absolute Gasteiger partial charge is 0.417 e. The third-order valence-corrected chi connectivity index (χ3v) is 1.98. The quantitative estimate of drug-likeness (QED) is 0.289. The second-order valence-corrected chi connectivity index (χ2v) is 3.52. The van der Waals surface area contributed by atoms with Gasteiger partial charge in [-0.25, -0.2) is 0 Å². The molecule has 0 radical (unpaired) electrons. The Morgan fingerprint density at radius 2 is 1.94 bits per heavy atom. The maximum absolute atomic E-state index is 12.4. The summed E-state index contributed by atoms with van der Waals surface area (Å²) >= 11 is 9.00. The van der Waals surface area contributed by atoms with Crippen LogP contribution in [0, 0.1) is 5.41 Å². The van der Waals surface area contributed by atoms with Crippen molar-refractivity contribution in [2.24, 2.45) is 0 Å². The SMILES string of the molecule is I.N=C(S)Nc1ccc(Cl)c(C(F)(F)F)c1. The van der Waals surface area contributed by atoms with Crippen molar-refractivity contribution in [2.75, 3.05) is 5.32 Å². The number of halogens is 5. The van der Waals surface area contributed by atoms with E-state index in [0.717, 1.165) is 12.1 Å². The van der Waals surface area contributed by atoms with E-state index in [9.17, 15) is 13.2 Å².